The molecule has 1 aromatic heterocycles. The summed E-state index contributed by atoms with van der Waals surface area (Å²) in [6.07, 6.45) is -2.06. The number of halogens is 20. The second-order valence-electron chi connectivity index (χ2n) is 15.0. The molecule has 1 heterocycles. The summed E-state index contributed by atoms with van der Waals surface area (Å²) < 4.78 is 301. The Morgan fingerprint density at radius 2 is 0.786 bits per heavy atom. The first kappa shape index (κ1) is 51.9. The first-order valence-corrected chi connectivity index (χ1v) is 19.3. The SMILES string of the molecule is CC(C)c1ccc(OC(=O)c2c[n+](Cc3ccccc3)ccn2)cc1.Fc1c(F)c(F)c([B-](c2c(F)c(F)c(F)c(F)c2F)(c2c(F)c(F)c(F)c(F)c2F)c2c(F)c(F)c(F)c(F)c2F)c(F)c1F. The highest BCUT2D eigenvalue weighted by atomic mass is 19.2. The molecule has 0 aliphatic carbocycles. The summed E-state index contributed by atoms with van der Waals surface area (Å²) in [6.45, 7) is 4.92. The van der Waals surface area contributed by atoms with E-state index in [0.29, 0.717) is 18.2 Å². The third-order valence-corrected chi connectivity index (χ3v) is 10.6. The number of rotatable bonds is 9. The van der Waals surface area contributed by atoms with E-state index < -0.39 is 150 Å². The zero-order valence-corrected chi connectivity index (χ0v) is 34.6. The molecule has 0 aliphatic heterocycles. The van der Waals surface area contributed by atoms with E-state index in [2.05, 4.69) is 18.8 Å². The fourth-order valence-electron chi connectivity index (χ4n) is 7.39. The number of hydrogen-bond donors (Lipinski definition) is 0. The molecule has 0 fully saturated rings. The quantitative estimate of drug-likeness (QED) is 0.0276. The Labute approximate surface area is 378 Å². The van der Waals surface area contributed by atoms with Crippen molar-refractivity contribution >= 4 is 34.0 Å². The highest BCUT2D eigenvalue weighted by Gasteiger charge is 2.52. The lowest BCUT2D eigenvalue weighted by Crippen LogP contribution is -2.81. The Bertz CT molecular complexity index is 2830. The van der Waals surface area contributed by atoms with Crippen LogP contribution in [0.4, 0.5) is 87.8 Å². The molecule has 70 heavy (non-hydrogen) atoms. The van der Waals surface area contributed by atoms with Crippen LogP contribution >= 0.6 is 0 Å². The summed E-state index contributed by atoms with van der Waals surface area (Å²) in [5.41, 5.74) is -11.7. The van der Waals surface area contributed by atoms with E-state index in [1.54, 1.807) is 12.4 Å². The largest absolute Gasteiger partial charge is 0.422 e. The summed E-state index contributed by atoms with van der Waals surface area (Å²) in [5, 5.41) is 0. The highest BCUT2D eigenvalue weighted by molar-refractivity contribution is 7.20. The van der Waals surface area contributed by atoms with Gasteiger partial charge in [0, 0.05) is 5.56 Å². The Balaban J connectivity index is 0.000000270. The van der Waals surface area contributed by atoms with Gasteiger partial charge < -0.3 is 4.74 Å². The van der Waals surface area contributed by atoms with Crippen LogP contribution in [-0.4, -0.2) is 17.1 Å². The van der Waals surface area contributed by atoms with Gasteiger partial charge in [0.25, 0.3) is 0 Å². The van der Waals surface area contributed by atoms with Crippen LogP contribution < -0.4 is 31.2 Å². The van der Waals surface area contributed by atoms with Crippen molar-refractivity contribution < 1.29 is 102 Å². The van der Waals surface area contributed by atoms with Crippen molar-refractivity contribution in [3.8, 4) is 5.75 Å². The number of aromatic nitrogens is 2. The zero-order chi connectivity index (χ0) is 52.0. The molecule has 6 aromatic carbocycles. The van der Waals surface area contributed by atoms with Crippen LogP contribution in [0.5, 0.6) is 5.75 Å². The van der Waals surface area contributed by atoms with E-state index in [0.717, 1.165) is 5.56 Å². The summed E-state index contributed by atoms with van der Waals surface area (Å²) in [5.74, 6) is -70.9. The minimum Gasteiger partial charge on any atom is -0.422 e. The number of hydrogen-bond acceptors (Lipinski definition) is 3. The van der Waals surface area contributed by atoms with Gasteiger partial charge in [0.05, 0.1) is 6.20 Å². The minimum atomic E-state index is -7.22. The van der Waals surface area contributed by atoms with E-state index in [-0.39, 0.29) is 5.69 Å². The predicted octanol–water partition coefficient (Wildman–Crippen LogP) is 9.61. The molecule has 0 radical (unpaired) electrons. The van der Waals surface area contributed by atoms with E-state index in [4.69, 9.17) is 4.74 Å². The smallest absolute Gasteiger partial charge is 0.368 e. The molecule has 0 aliphatic rings. The maximum atomic E-state index is 15.4. The maximum Gasteiger partial charge on any atom is 0.368 e. The van der Waals surface area contributed by atoms with Gasteiger partial charge in [-0.2, -0.15) is 4.57 Å². The first-order chi connectivity index (χ1) is 32.8. The maximum absolute atomic E-state index is 15.4. The molecule has 7 rings (SSSR count). The van der Waals surface area contributed by atoms with Crippen LogP contribution in [0.15, 0.2) is 73.2 Å². The first-order valence-electron chi connectivity index (χ1n) is 19.3. The van der Waals surface area contributed by atoms with Crippen LogP contribution in [0.25, 0.3) is 0 Å². The molecule has 0 unspecified atom stereocenters. The van der Waals surface area contributed by atoms with Crippen LogP contribution in [0.1, 0.15) is 41.4 Å². The number of carbonyl (C=O) groups excluding carboxylic acids is 1. The number of nitrogens with zero attached hydrogens (tertiary/aromatic N) is 2. The van der Waals surface area contributed by atoms with Gasteiger partial charge >= 0.3 is 5.97 Å². The third kappa shape index (κ3) is 8.76. The molecule has 0 atom stereocenters. The van der Waals surface area contributed by atoms with Gasteiger partial charge in [0.1, 0.15) is 58.4 Å². The van der Waals surface area contributed by atoms with Crippen molar-refractivity contribution in [1.29, 1.82) is 0 Å². The van der Waals surface area contributed by atoms with E-state index in [1.165, 1.54) is 5.56 Å². The molecule has 366 valence electrons. The normalized spacial score (nSPS) is 11.5. The van der Waals surface area contributed by atoms with Gasteiger partial charge in [-0.05, 0) is 23.6 Å². The minimum absolute atomic E-state index is 0.284. The number of carbonyl (C=O) groups is 1. The Morgan fingerprint density at radius 1 is 0.471 bits per heavy atom. The predicted molar refractivity (Wildman–Crippen MR) is 205 cm³/mol. The molecule has 0 bridgehead atoms. The molecular weight excluding hydrogens is 991 g/mol. The fourth-order valence-corrected chi connectivity index (χ4v) is 7.39. The highest BCUT2D eigenvalue weighted by Crippen LogP contribution is 2.31. The molecule has 0 N–H and O–H groups in total. The zero-order valence-electron chi connectivity index (χ0n) is 34.6. The van der Waals surface area contributed by atoms with Crippen LogP contribution in [0, 0.1) is 116 Å². The van der Waals surface area contributed by atoms with Crippen molar-refractivity contribution in [3.63, 3.8) is 0 Å². The summed E-state index contributed by atoms with van der Waals surface area (Å²) in [4.78, 5) is 16.5. The summed E-state index contributed by atoms with van der Waals surface area (Å²) in [7, 11) is 0. The van der Waals surface area contributed by atoms with Crippen LogP contribution in [0.3, 0.4) is 0 Å². The standard InChI is InChI=1S/C24BF20.C21H21N2O2/c26-5-1(6(27)14(35)21(42)13(5)34)25(2-7(28)15(36)22(43)16(37)8(2)29,3-9(30)17(38)23(44)18(39)10(3)31)4-11(32)19(40)24(45)20(41)12(4)33;1-16(2)18-8-10-19(11-9-18)25-21(24)20-15-23(13-12-22-20)14-17-6-4-3-5-7-17/h;3-13,15-16H,14H2,1-2H3/q-1;+1. The average molecular weight is 1010 g/mol. The van der Waals surface area contributed by atoms with Gasteiger partial charge in [0.15, 0.2) is 82.5 Å². The lowest BCUT2D eigenvalue weighted by molar-refractivity contribution is -0.689. The second-order valence-corrected chi connectivity index (χ2v) is 15.0. The molecule has 4 nitrogen and oxygen atoms in total. The average Bonchev–Trinajstić information content (AvgIpc) is 3.34. The number of ether oxygens (including phenoxy) is 1. The topological polar surface area (TPSA) is 43.1 Å². The van der Waals surface area contributed by atoms with E-state index >= 15 is 35.1 Å². The van der Waals surface area contributed by atoms with Gasteiger partial charge in [-0.3, -0.25) is 0 Å². The van der Waals surface area contributed by atoms with Crippen molar-refractivity contribution in [3.05, 3.63) is 206 Å². The lowest BCUT2D eigenvalue weighted by Gasteiger charge is -2.44. The Hall–Kier alpha value is -7.47. The third-order valence-electron chi connectivity index (χ3n) is 10.6. The molecule has 0 saturated carbocycles. The van der Waals surface area contributed by atoms with Gasteiger partial charge in [-0.25, -0.2) is 97.6 Å². The molecule has 0 saturated heterocycles. The molecule has 7 aromatic rings. The molecule has 0 amide bonds. The summed E-state index contributed by atoms with van der Waals surface area (Å²) >= 11 is 0. The van der Waals surface area contributed by atoms with Crippen LogP contribution in [-0.2, 0) is 6.54 Å². The monoisotopic (exact) mass is 1010 g/mol. The van der Waals surface area contributed by atoms with Crippen molar-refractivity contribution in [2.24, 2.45) is 0 Å². The second kappa shape index (κ2) is 19.9. The van der Waals surface area contributed by atoms with E-state index in [1.807, 2.05) is 65.4 Å². The van der Waals surface area contributed by atoms with Crippen molar-refractivity contribution in [1.82, 2.24) is 4.98 Å². The lowest BCUT2D eigenvalue weighted by atomic mass is 9.12. The fraction of sp³-hybridized carbons (Fsp3) is 0.0889. The molecule has 25 heteroatoms. The molecular formula is C45H21BF20N2O2. The van der Waals surface area contributed by atoms with Gasteiger partial charge in [-0.15, -0.1) is 21.9 Å². The molecule has 0 spiro atoms. The number of benzene rings is 6. The Morgan fingerprint density at radius 3 is 1.10 bits per heavy atom. The Kier molecular flexibility index (Phi) is 14.7. The van der Waals surface area contributed by atoms with E-state index in [9.17, 15) is 57.5 Å². The van der Waals surface area contributed by atoms with Crippen molar-refractivity contribution in [2.75, 3.05) is 0 Å². The van der Waals surface area contributed by atoms with Gasteiger partial charge in [-0.1, -0.05) is 56.3 Å². The van der Waals surface area contributed by atoms with Crippen LogP contribution in [0.2, 0.25) is 0 Å². The van der Waals surface area contributed by atoms with Gasteiger partial charge in [0.2, 0.25) is 11.9 Å². The number of esters is 1. The van der Waals surface area contributed by atoms with Crippen molar-refractivity contribution in [2.45, 2.75) is 26.3 Å². The summed E-state index contributed by atoms with van der Waals surface area (Å²) in [6, 6.07) is 17.6.